The van der Waals surface area contributed by atoms with Gasteiger partial charge in [-0.3, -0.25) is 28.7 Å². The predicted octanol–water partition coefficient (Wildman–Crippen LogP) is 4.65. The van der Waals surface area contributed by atoms with Gasteiger partial charge < -0.3 is 0 Å². The van der Waals surface area contributed by atoms with Gasteiger partial charge in [-0.2, -0.15) is 0 Å². The van der Waals surface area contributed by atoms with Crippen molar-refractivity contribution in [2.24, 2.45) is 0 Å². The van der Waals surface area contributed by atoms with Crippen LogP contribution in [0.3, 0.4) is 0 Å². The van der Waals surface area contributed by atoms with E-state index in [4.69, 9.17) is 11.6 Å². The molecule has 224 valence electrons. The lowest BCUT2D eigenvalue weighted by Crippen LogP contribution is -2.50. The van der Waals surface area contributed by atoms with Crippen LogP contribution in [0.25, 0.3) is 0 Å². The first-order valence-electron chi connectivity index (χ1n) is 14.8. The number of rotatable bonds is 9. The average Bonchev–Trinajstić information content (AvgIpc) is 3.46. The first-order chi connectivity index (χ1) is 20.9. The molecular formula is C33H34ClF2N5O2. The van der Waals surface area contributed by atoms with Gasteiger partial charge in [0.25, 0.3) is 5.56 Å². The third kappa shape index (κ3) is 6.49. The molecule has 0 radical (unpaired) electrons. The lowest BCUT2D eigenvalue weighted by molar-refractivity contribution is 0.220. The maximum absolute atomic E-state index is 14.8. The summed E-state index contributed by atoms with van der Waals surface area (Å²) in [6, 6.07) is 17.1. The molecule has 0 spiro atoms. The van der Waals surface area contributed by atoms with Gasteiger partial charge in [0.2, 0.25) is 0 Å². The number of nitrogens with zero attached hydrogens (tertiary/aromatic N) is 5. The number of aromatic nitrogens is 3. The van der Waals surface area contributed by atoms with Gasteiger partial charge in [-0.05, 0) is 61.3 Å². The third-order valence-electron chi connectivity index (χ3n) is 8.66. The second kappa shape index (κ2) is 12.9. The minimum atomic E-state index is -0.713. The highest BCUT2D eigenvalue weighted by Crippen LogP contribution is 2.22. The Morgan fingerprint density at radius 1 is 0.907 bits per heavy atom. The van der Waals surface area contributed by atoms with Gasteiger partial charge in [0.05, 0.1) is 12.1 Å². The molecule has 43 heavy (non-hydrogen) atoms. The number of halogens is 3. The Morgan fingerprint density at radius 3 is 2.44 bits per heavy atom. The Kier molecular flexibility index (Phi) is 8.83. The van der Waals surface area contributed by atoms with Crippen molar-refractivity contribution in [2.45, 2.75) is 57.9 Å². The van der Waals surface area contributed by atoms with Crippen LogP contribution < -0.4 is 11.2 Å². The highest BCUT2D eigenvalue weighted by atomic mass is 35.5. The van der Waals surface area contributed by atoms with Crippen LogP contribution in [0.1, 0.15) is 40.9 Å². The fourth-order valence-corrected chi connectivity index (χ4v) is 6.49. The van der Waals surface area contributed by atoms with E-state index in [1.165, 1.54) is 27.3 Å². The molecule has 2 aliphatic heterocycles. The maximum atomic E-state index is 14.8. The molecule has 1 atom stereocenters. The molecule has 2 aromatic heterocycles. The van der Waals surface area contributed by atoms with Gasteiger partial charge >= 0.3 is 5.69 Å². The zero-order valence-corrected chi connectivity index (χ0v) is 24.6. The van der Waals surface area contributed by atoms with Crippen molar-refractivity contribution in [2.75, 3.05) is 19.6 Å². The number of benzene rings is 2. The largest absolute Gasteiger partial charge is 0.331 e. The van der Waals surface area contributed by atoms with Crippen molar-refractivity contribution >= 4 is 11.6 Å². The molecule has 1 saturated heterocycles. The summed E-state index contributed by atoms with van der Waals surface area (Å²) in [4.78, 5) is 36.9. The average molecular weight is 606 g/mol. The van der Waals surface area contributed by atoms with Crippen molar-refractivity contribution in [1.29, 1.82) is 0 Å². The topological polar surface area (TPSA) is 63.4 Å². The maximum Gasteiger partial charge on any atom is 0.331 e. The monoisotopic (exact) mass is 605 g/mol. The van der Waals surface area contributed by atoms with Gasteiger partial charge in [0.15, 0.2) is 0 Å². The first kappa shape index (κ1) is 29.4. The summed E-state index contributed by atoms with van der Waals surface area (Å²) in [6.45, 7) is 3.15. The van der Waals surface area contributed by atoms with E-state index in [0.717, 1.165) is 43.6 Å². The summed E-state index contributed by atoms with van der Waals surface area (Å²) < 4.78 is 32.2. The predicted molar refractivity (Wildman–Crippen MR) is 162 cm³/mol. The van der Waals surface area contributed by atoms with Gasteiger partial charge in [0.1, 0.15) is 11.6 Å². The zero-order valence-electron chi connectivity index (χ0n) is 23.9. The minimum absolute atomic E-state index is 0.000398. The minimum Gasteiger partial charge on any atom is -0.298 e. The third-order valence-corrected chi connectivity index (χ3v) is 8.91. The molecule has 0 amide bonds. The molecule has 0 bridgehead atoms. The van der Waals surface area contributed by atoms with Crippen LogP contribution in [0.15, 0.2) is 76.4 Å². The van der Waals surface area contributed by atoms with E-state index in [0.29, 0.717) is 42.3 Å². The molecule has 2 aliphatic rings. The summed E-state index contributed by atoms with van der Waals surface area (Å²) in [5.74, 6) is -1.43. The van der Waals surface area contributed by atoms with E-state index >= 15 is 0 Å². The normalized spacial score (nSPS) is 17.3. The second-order valence-electron chi connectivity index (χ2n) is 11.4. The summed E-state index contributed by atoms with van der Waals surface area (Å²) in [7, 11) is 0. The quantitative estimate of drug-likeness (QED) is 0.278. The van der Waals surface area contributed by atoms with Crippen LogP contribution >= 0.6 is 11.6 Å². The van der Waals surface area contributed by atoms with Crippen molar-refractivity contribution in [3.63, 3.8) is 0 Å². The number of hydrogen-bond donors (Lipinski definition) is 0. The van der Waals surface area contributed by atoms with Crippen LogP contribution in [0.4, 0.5) is 8.78 Å². The Morgan fingerprint density at radius 2 is 1.70 bits per heavy atom. The van der Waals surface area contributed by atoms with Crippen molar-refractivity contribution < 1.29 is 8.78 Å². The molecule has 1 fully saturated rings. The Balaban J connectivity index is 1.33. The highest BCUT2D eigenvalue weighted by molar-refractivity contribution is 6.30. The van der Waals surface area contributed by atoms with E-state index in [1.54, 1.807) is 6.20 Å². The van der Waals surface area contributed by atoms with E-state index in [2.05, 4.69) is 14.8 Å². The summed E-state index contributed by atoms with van der Waals surface area (Å²) in [5, 5.41) is 0.654. The summed E-state index contributed by atoms with van der Waals surface area (Å²) >= 11 is 6.06. The molecule has 7 nitrogen and oxygen atoms in total. The number of hydrogen-bond acceptors (Lipinski definition) is 5. The standard InChI is InChI=1S/C33H34ClF2N5O2/c34-24-11-9-23(10-12-24)19-38-17-14-31-28(21-38)32(42)41(33(43)40(31)22-27-29(35)7-3-8-30(27)36)20-26-6-4-16-39(26)18-13-25-5-1-2-15-37-25/h1-3,5,7-12,15,26H,4,6,13-14,16-22H2/t26-/m1/s1. The molecular weight excluding hydrogens is 572 g/mol. The fourth-order valence-electron chi connectivity index (χ4n) is 6.37. The molecule has 4 aromatic rings. The Bertz CT molecular complexity index is 1690. The van der Waals surface area contributed by atoms with Crippen molar-refractivity contribution in [3.05, 3.63) is 132 Å². The molecule has 0 N–H and O–H groups in total. The van der Waals surface area contributed by atoms with Gasteiger partial charge in [-0.1, -0.05) is 35.9 Å². The Hall–Kier alpha value is -3.66. The molecule has 10 heteroatoms. The highest BCUT2D eigenvalue weighted by Gasteiger charge is 2.30. The smallest absolute Gasteiger partial charge is 0.298 e. The van der Waals surface area contributed by atoms with E-state index in [1.807, 2.05) is 42.5 Å². The van der Waals surface area contributed by atoms with Crippen molar-refractivity contribution in [3.8, 4) is 0 Å². The van der Waals surface area contributed by atoms with Crippen LogP contribution in [0.2, 0.25) is 5.02 Å². The number of fused-ring (bicyclic) bond motifs is 1. The zero-order chi connectivity index (χ0) is 29.9. The van der Waals surface area contributed by atoms with Gasteiger partial charge in [0, 0.05) is 79.8 Å². The SMILES string of the molecule is O=c1c2c(n(Cc3c(F)cccc3F)c(=O)n1C[C@H]1CCCN1CCc1ccccn1)CCN(Cc1ccc(Cl)cc1)C2. The summed E-state index contributed by atoms with van der Waals surface area (Å²) in [5.41, 5.74) is 2.10. The van der Waals surface area contributed by atoms with Crippen LogP contribution in [-0.2, 0) is 39.0 Å². The van der Waals surface area contributed by atoms with Crippen molar-refractivity contribution in [1.82, 2.24) is 23.9 Å². The fraction of sp³-hybridized carbons (Fsp3) is 0.364. The number of pyridine rings is 1. The second-order valence-corrected chi connectivity index (χ2v) is 11.8. The van der Waals surface area contributed by atoms with Gasteiger partial charge in [-0.15, -0.1) is 0 Å². The lowest BCUT2D eigenvalue weighted by Gasteiger charge is -2.31. The summed E-state index contributed by atoms with van der Waals surface area (Å²) in [6.07, 6.45) is 4.79. The molecule has 0 unspecified atom stereocenters. The van der Waals surface area contributed by atoms with Crippen LogP contribution in [0, 0.1) is 11.6 Å². The molecule has 4 heterocycles. The van der Waals surface area contributed by atoms with Crippen LogP contribution in [-0.4, -0.2) is 49.6 Å². The lowest BCUT2D eigenvalue weighted by atomic mass is 10.0. The Labute approximate surface area is 254 Å². The van der Waals surface area contributed by atoms with E-state index < -0.39 is 17.3 Å². The molecule has 2 aromatic carbocycles. The first-order valence-corrected chi connectivity index (χ1v) is 15.1. The molecule has 0 saturated carbocycles. The molecule has 0 aliphatic carbocycles. The van der Waals surface area contributed by atoms with Gasteiger partial charge in [-0.25, -0.2) is 13.6 Å². The van der Waals surface area contributed by atoms with E-state index in [-0.39, 0.29) is 30.3 Å². The number of likely N-dealkylation sites (tertiary alicyclic amines) is 1. The van der Waals surface area contributed by atoms with Crippen LogP contribution in [0.5, 0.6) is 0 Å². The molecule has 6 rings (SSSR count). The van der Waals surface area contributed by atoms with E-state index in [9.17, 15) is 18.4 Å².